The molecule has 0 aliphatic carbocycles. The van der Waals surface area contributed by atoms with Crippen LogP contribution >= 0.6 is 27.3 Å². The molecule has 0 aliphatic heterocycles. The van der Waals surface area contributed by atoms with E-state index in [1.54, 1.807) is 6.92 Å². The first-order chi connectivity index (χ1) is 8.97. The minimum absolute atomic E-state index is 0.00628. The van der Waals surface area contributed by atoms with Crippen molar-refractivity contribution >= 4 is 27.3 Å². The van der Waals surface area contributed by atoms with E-state index in [1.807, 2.05) is 12.1 Å². The fraction of sp³-hybridized carbons (Fsp3) is 0.231. The van der Waals surface area contributed by atoms with Crippen molar-refractivity contribution in [1.29, 1.82) is 0 Å². The number of halogens is 3. The van der Waals surface area contributed by atoms with Gasteiger partial charge in [0.2, 0.25) is 0 Å². The molecule has 0 saturated heterocycles. The number of nitrogens with two attached hydrogens (primary N) is 1. The molecular formula is C13H12BrF2NOS. The molecule has 0 radical (unpaired) electrons. The SMILES string of the molecule is CC(N)C(Oc1ccc(F)cc1F)c1ccc(Br)s1. The van der Waals surface area contributed by atoms with Crippen molar-refractivity contribution in [1.82, 2.24) is 0 Å². The van der Waals surface area contributed by atoms with Crippen molar-refractivity contribution in [3.05, 3.63) is 50.6 Å². The predicted molar refractivity (Wildman–Crippen MR) is 75.4 cm³/mol. The zero-order chi connectivity index (χ0) is 14.0. The fourth-order valence-corrected chi connectivity index (χ4v) is 3.18. The van der Waals surface area contributed by atoms with Crippen LogP contribution in [0.25, 0.3) is 0 Å². The summed E-state index contributed by atoms with van der Waals surface area (Å²) in [7, 11) is 0. The van der Waals surface area contributed by atoms with Gasteiger partial charge in [-0.2, -0.15) is 0 Å². The highest BCUT2D eigenvalue weighted by molar-refractivity contribution is 9.11. The molecule has 0 amide bonds. The summed E-state index contributed by atoms with van der Waals surface area (Å²) in [6, 6.07) is 6.63. The zero-order valence-electron chi connectivity index (χ0n) is 10.1. The number of hydrogen-bond donors (Lipinski definition) is 1. The normalized spacial score (nSPS) is 14.2. The molecule has 102 valence electrons. The first kappa shape index (κ1) is 14.4. The molecule has 2 rings (SSSR count). The number of benzene rings is 1. The summed E-state index contributed by atoms with van der Waals surface area (Å²) in [6.45, 7) is 1.78. The van der Waals surface area contributed by atoms with Gasteiger partial charge in [-0.3, -0.25) is 0 Å². The third kappa shape index (κ3) is 3.52. The smallest absolute Gasteiger partial charge is 0.168 e. The third-order valence-electron chi connectivity index (χ3n) is 2.50. The lowest BCUT2D eigenvalue weighted by molar-refractivity contribution is 0.176. The Morgan fingerprint density at radius 2 is 2.00 bits per heavy atom. The van der Waals surface area contributed by atoms with Gasteiger partial charge in [-0.15, -0.1) is 11.3 Å². The highest BCUT2D eigenvalue weighted by Gasteiger charge is 2.21. The molecule has 2 unspecified atom stereocenters. The van der Waals surface area contributed by atoms with Gasteiger partial charge in [0.05, 0.1) is 3.79 Å². The van der Waals surface area contributed by atoms with Crippen LogP contribution in [-0.2, 0) is 0 Å². The summed E-state index contributed by atoms with van der Waals surface area (Å²) in [5.41, 5.74) is 5.88. The summed E-state index contributed by atoms with van der Waals surface area (Å²) < 4.78 is 33.0. The van der Waals surface area contributed by atoms with E-state index in [1.165, 1.54) is 17.4 Å². The summed E-state index contributed by atoms with van der Waals surface area (Å²) in [5.74, 6) is -1.38. The van der Waals surface area contributed by atoms with Crippen LogP contribution in [0, 0.1) is 11.6 Å². The van der Waals surface area contributed by atoms with E-state index in [0.717, 1.165) is 20.8 Å². The Morgan fingerprint density at radius 3 is 2.53 bits per heavy atom. The van der Waals surface area contributed by atoms with Crippen molar-refractivity contribution in [3.8, 4) is 5.75 Å². The van der Waals surface area contributed by atoms with E-state index in [-0.39, 0.29) is 11.8 Å². The number of rotatable bonds is 4. The molecule has 1 aromatic heterocycles. The lowest BCUT2D eigenvalue weighted by Gasteiger charge is -2.21. The van der Waals surface area contributed by atoms with Crippen molar-refractivity contribution < 1.29 is 13.5 Å². The number of thiophene rings is 1. The van der Waals surface area contributed by atoms with E-state index in [2.05, 4.69) is 15.9 Å². The largest absolute Gasteiger partial charge is 0.480 e. The lowest BCUT2D eigenvalue weighted by atomic mass is 10.1. The second-order valence-corrected chi connectivity index (χ2v) is 6.61. The monoisotopic (exact) mass is 347 g/mol. The molecule has 0 bridgehead atoms. The Hall–Kier alpha value is -0.980. The Bertz CT molecular complexity index is 574. The van der Waals surface area contributed by atoms with Gasteiger partial charge < -0.3 is 10.5 Å². The van der Waals surface area contributed by atoms with Crippen LogP contribution in [-0.4, -0.2) is 6.04 Å². The van der Waals surface area contributed by atoms with E-state index < -0.39 is 17.7 Å². The molecule has 0 saturated carbocycles. The van der Waals surface area contributed by atoms with Crippen LogP contribution in [0.1, 0.15) is 17.9 Å². The first-order valence-electron chi connectivity index (χ1n) is 5.60. The molecule has 1 aromatic carbocycles. The molecule has 0 spiro atoms. The van der Waals surface area contributed by atoms with E-state index in [9.17, 15) is 8.78 Å². The Kier molecular flexibility index (Phi) is 4.54. The topological polar surface area (TPSA) is 35.2 Å². The molecular weight excluding hydrogens is 336 g/mol. The van der Waals surface area contributed by atoms with Gasteiger partial charge in [-0.25, -0.2) is 8.78 Å². The summed E-state index contributed by atoms with van der Waals surface area (Å²) in [6.07, 6.45) is -0.476. The highest BCUT2D eigenvalue weighted by Crippen LogP contribution is 2.33. The quantitative estimate of drug-likeness (QED) is 0.896. The van der Waals surface area contributed by atoms with Crippen molar-refractivity contribution in [3.63, 3.8) is 0 Å². The van der Waals surface area contributed by atoms with Crippen LogP contribution in [0.15, 0.2) is 34.1 Å². The maximum Gasteiger partial charge on any atom is 0.168 e. The molecule has 0 aliphatic rings. The number of ether oxygens (including phenoxy) is 1. The molecule has 2 aromatic rings. The molecule has 2 atom stereocenters. The van der Waals surface area contributed by atoms with E-state index >= 15 is 0 Å². The van der Waals surface area contributed by atoms with Crippen molar-refractivity contribution in [2.45, 2.75) is 19.1 Å². The van der Waals surface area contributed by atoms with Crippen LogP contribution in [0.3, 0.4) is 0 Å². The second kappa shape index (κ2) is 5.98. The molecule has 0 fully saturated rings. The van der Waals surface area contributed by atoms with Gasteiger partial charge in [0, 0.05) is 17.0 Å². The molecule has 6 heteroatoms. The number of hydrogen-bond acceptors (Lipinski definition) is 3. The molecule has 19 heavy (non-hydrogen) atoms. The predicted octanol–water partition coefficient (Wildman–Crippen LogP) is 4.26. The van der Waals surface area contributed by atoms with Crippen LogP contribution in [0.5, 0.6) is 5.75 Å². The third-order valence-corrected chi connectivity index (χ3v) is 4.18. The van der Waals surface area contributed by atoms with Crippen molar-refractivity contribution in [2.24, 2.45) is 5.73 Å². The molecule has 1 heterocycles. The second-order valence-electron chi connectivity index (χ2n) is 4.11. The maximum absolute atomic E-state index is 13.6. The summed E-state index contributed by atoms with van der Waals surface area (Å²) in [5, 5.41) is 0. The first-order valence-corrected chi connectivity index (χ1v) is 7.21. The maximum atomic E-state index is 13.6. The van der Waals surface area contributed by atoms with Gasteiger partial charge in [-0.1, -0.05) is 0 Å². The minimum atomic E-state index is -0.735. The van der Waals surface area contributed by atoms with E-state index in [0.29, 0.717) is 0 Å². The highest BCUT2D eigenvalue weighted by atomic mass is 79.9. The summed E-state index contributed by atoms with van der Waals surface area (Å²) in [4.78, 5) is 0.880. The van der Waals surface area contributed by atoms with Crippen LogP contribution < -0.4 is 10.5 Å². The fourth-order valence-electron chi connectivity index (χ4n) is 1.61. The minimum Gasteiger partial charge on any atom is -0.480 e. The molecule has 2 nitrogen and oxygen atoms in total. The van der Waals surface area contributed by atoms with E-state index in [4.69, 9.17) is 10.5 Å². The van der Waals surface area contributed by atoms with Gasteiger partial charge in [0.15, 0.2) is 11.6 Å². The Morgan fingerprint density at radius 1 is 1.26 bits per heavy atom. The van der Waals surface area contributed by atoms with Gasteiger partial charge in [-0.05, 0) is 47.1 Å². The van der Waals surface area contributed by atoms with Crippen LogP contribution in [0.4, 0.5) is 8.78 Å². The van der Waals surface area contributed by atoms with Crippen LogP contribution in [0.2, 0.25) is 0 Å². The Balaban J connectivity index is 2.26. The molecule has 2 N–H and O–H groups in total. The van der Waals surface area contributed by atoms with Gasteiger partial charge in [0.25, 0.3) is 0 Å². The average Bonchev–Trinajstić information content (AvgIpc) is 2.74. The zero-order valence-corrected chi connectivity index (χ0v) is 12.5. The summed E-state index contributed by atoms with van der Waals surface area (Å²) >= 11 is 4.83. The average molecular weight is 348 g/mol. The van der Waals surface area contributed by atoms with Gasteiger partial charge in [0.1, 0.15) is 11.9 Å². The lowest BCUT2D eigenvalue weighted by Crippen LogP contribution is -2.28. The van der Waals surface area contributed by atoms with Gasteiger partial charge >= 0.3 is 0 Å². The standard InChI is InChI=1S/C13H12BrF2NOS/c1-7(17)13(11-4-5-12(14)19-11)18-10-3-2-8(15)6-9(10)16/h2-7,13H,17H2,1H3. The Labute approximate surface area is 122 Å². The van der Waals surface area contributed by atoms with Crippen molar-refractivity contribution in [2.75, 3.05) is 0 Å².